The molecule has 0 aromatic heterocycles. The second-order valence-electron chi connectivity index (χ2n) is 5.80. The first-order valence-electron chi connectivity index (χ1n) is 7.78. The number of rotatable bonds is 7. The zero-order valence-corrected chi connectivity index (χ0v) is 16.3. The molecule has 0 heterocycles. The third-order valence-corrected chi connectivity index (χ3v) is 4.66. The van der Waals surface area contributed by atoms with Gasteiger partial charge in [0.25, 0.3) is 0 Å². The van der Waals surface area contributed by atoms with E-state index in [2.05, 4.69) is 5.32 Å². The van der Waals surface area contributed by atoms with Crippen molar-refractivity contribution in [2.75, 3.05) is 24.4 Å². The molecule has 1 atom stereocenters. The zero-order chi connectivity index (χ0) is 18.4. The van der Waals surface area contributed by atoms with Crippen LogP contribution in [-0.2, 0) is 14.6 Å². The number of hydrogen-bond acceptors (Lipinski definition) is 5. The molecule has 0 aliphatic carbocycles. The second-order valence-corrected chi connectivity index (χ2v) is 8.06. The first kappa shape index (κ1) is 22.0. The summed E-state index contributed by atoms with van der Waals surface area (Å²) in [4.78, 5) is 12.1. The Bertz CT molecular complexity index is 856. The molecular formula is C18H23ClN2O4S. The topological polar surface area (TPSA) is 98.5 Å². The molecule has 0 saturated heterocycles. The largest absolute Gasteiger partial charge is 0.496 e. The van der Waals surface area contributed by atoms with Crippen molar-refractivity contribution >= 4 is 33.8 Å². The summed E-state index contributed by atoms with van der Waals surface area (Å²) in [5, 5.41) is 2.73. The third kappa shape index (κ3) is 6.33. The number of para-hydroxylation sites is 1. The summed E-state index contributed by atoms with van der Waals surface area (Å²) < 4.78 is 27.7. The Labute approximate surface area is 160 Å². The maximum absolute atomic E-state index is 12.1. The predicted octanol–water partition coefficient (Wildman–Crippen LogP) is 2.48. The second kappa shape index (κ2) is 9.56. The van der Waals surface area contributed by atoms with Crippen molar-refractivity contribution in [3.8, 4) is 16.9 Å². The van der Waals surface area contributed by atoms with E-state index in [0.29, 0.717) is 5.69 Å². The van der Waals surface area contributed by atoms with Crippen LogP contribution in [0.1, 0.15) is 6.42 Å². The summed E-state index contributed by atoms with van der Waals surface area (Å²) in [5.41, 5.74) is 8.15. The van der Waals surface area contributed by atoms with E-state index in [4.69, 9.17) is 10.5 Å². The molecule has 6 nitrogen and oxygen atoms in total. The van der Waals surface area contributed by atoms with Gasteiger partial charge >= 0.3 is 0 Å². The average Bonchev–Trinajstić information content (AvgIpc) is 2.59. The van der Waals surface area contributed by atoms with E-state index in [-0.39, 0.29) is 24.6 Å². The minimum atomic E-state index is -3.15. The van der Waals surface area contributed by atoms with E-state index in [1.807, 2.05) is 42.5 Å². The van der Waals surface area contributed by atoms with Gasteiger partial charge in [-0.25, -0.2) is 8.42 Å². The van der Waals surface area contributed by atoms with Gasteiger partial charge in [0.1, 0.15) is 15.6 Å². The van der Waals surface area contributed by atoms with E-state index >= 15 is 0 Å². The average molecular weight is 399 g/mol. The number of carbonyl (C=O) groups excluding carboxylic acids is 1. The number of amides is 1. The van der Waals surface area contributed by atoms with Gasteiger partial charge in [0, 0.05) is 17.5 Å². The Kier molecular flexibility index (Phi) is 8.08. The van der Waals surface area contributed by atoms with Crippen LogP contribution < -0.4 is 15.8 Å². The van der Waals surface area contributed by atoms with Gasteiger partial charge in [-0.2, -0.15) is 0 Å². The lowest BCUT2D eigenvalue weighted by molar-refractivity contribution is -0.117. The van der Waals surface area contributed by atoms with E-state index in [1.165, 1.54) is 0 Å². The van der Waals surface area contributed by atoms with Crippen molar-refractivity contribution in [1.82, 2.24) is 0 Å². The first-order valence-corrected chi connectivity index (χ1v) is 9.84. The summed E-state index contributed by atoms with van der Waals surface area (Å²) in [5.74, 6) is 0.194. The molecule has 0 saturated carbocycles. The Morgan fingerprint density at radius 1 is 1.19 bits per heavy atom. The number of sulfone groups is 1. The van der Waals surface area contributed by atoms with Crippen molar-refractivity contribution in [2.24, 2.45) is 5.73 Å². The van der Waals surface area contributed by atoms with Crippen LogP contribution in [0.4, 0.5) is 5.69 Å². The van der Waals surface area contributed by atoms with E-state index in [9.17, 15) is 13.2 Å². The minimum absolute atomic E-state index is 0. The Morgan fingerprint density at radius 2 is 1.88 bits per heavy atom. The van der Waals surface area contributed by atoms with Crippen molar-refractivity contribution in [3.63, 3.8) is 0 Å². The summed E-state index contributed by atoms with van der Waals surface area (Å²) in [6, 6.07) is 14.0. The van der Waals surface area contributed by atoms with Crippen LogP contribution in [0.15, 0.2) is 48.5 Å². The van der Waals surface area contributed by atoms with Gasteiger partial charge in [0.05, 0.1) is 18.9 Å². The van der Waals surface area contributed by atoms with Gasteiger partial charge in [-0.15, -0.1) is 12.4 Å². The molecule has 0 bridgehead atoms. The molecule has 2 rings (SSSR count). The lowest BCUT2D eigenvalue weighted by Crippen LogP contribution is -2.37. The summed E-state index contributed by atoms with van der Waals surface area (Å²) >= 11 is 0. The molecule has 142 valence electrons. The molecule has 26 heavy (non-hydrogen) atoms. The highest BCUT2D eigenvalue weighted by atomic mass is 35.5. The van der Waals surface area contributed by atoms with Gasteiger partial charge in [0.15, 0.2) is 0 Å². The molecule has 1 unspecified atom stereocenters. The quantitative estimate of drug-likeness (QED) is 0.746. The fraction of sp³-hybridized carbons (Fsp3) is 0.278. The zero-order valence-electron chi connectivity index (χ0n) is 14.6. The van der Waals surface area contributed by atoms with Crippen LogP contribution in [0.5, 0.6) is 5.75 Å². The van der Waals surface area contributed by atoms with Gasteiger partial charge < -0.3 is 15.8 Å². The number of nitrogens with two attached hydrogens (primary N) is 1. The molecule has 3 N–H and O–H groups in total. The molecule has 0 radical (unpaired) electrons. The maximum Gasteiger partial charge on any atom is 0.241 e. The number of carbonyl (C=O) groups is 1. The molecule has 0 fully saturated rings. The van der Waals surface area contributed by atoms with E-state index in [1.54, 1.807) is 13.2 Å². The van der Waals surface area contributed by atoms with Gasteiger partial charge in [0.2, 0.25) is 5.91 Å². The van der Waals surface area contributed by atoms with Crippen molar-refractivity contribution < 1.29 is 17.9 Å². The van der Waals surface area contributed by atoms with E-state index in [0.717, 1.165) is 23.1 Å². The number of ether oxygens (including phenoxy) is 1. The fourth-order valence-electron chi connectivity index (χ4n) is 2.35. The number of benzene rings is 2. The standard InChI is InChI=1S/C18H22N2O4S.ClH/c1-24-17-9-4-3-8-15(17)13-6-5-7-14(12-13)20-18(21)16(19)10-11-25(2,22)23;/h3-9,12,16H,10-11,19H2,1-2H3,(H,20,21);1H. The Morgan fingerprint density at radius 3 is 2.54 bits per heavy atom. The predicted molar refractivity (Wildman–Crippen MR) is 107 cm³/mol. The van der Waals surface area contributed by atoms with Crippen LogP contribution in [0.2, 0.25) is 0 Å². The highest BCUT2D eigenvalue weighted by Crippen LogP contribution is 2.30. The number of methoxy groups -OCH3 is 1. The molecule has 0 aliphatic heterocycles. The third-order valence-electron chi connectivity index (χ3n) is 3.68. The normalized spacial score (nSPS) is 12.0. The number of hydrogen-bond donors (Lipinski definition) is 2. The van der Waals surface area contributed by atoms with Crippen molar-refractivity contribution in [1.29, 1.82) is 0 Å². The molecular weight excluding hydrogens is 376 g/mol. The molecule has 0 aliphatic rings. The van der Waals surface area contributed by atoms with Gasteiger partial charge in [-0.1, -0.05) is 30.3 Å². The fourth-order valence-corrected chi connectivity index (χ4v) is 3.04. The Hall–Kier alpha value is -2.09. The molecule has 2 aromatic rings. The highest BCUT2D eigenvalue weighted by molar-refractivity contribution is 7.90. The number of nitrogens with one attached hydrogen (secondary N) is 1. The van der Waals surface area contributed by atoms with Gasteiger partial charge in [-0.3, -0.25) is 4.79 Å². The lowest BCUT2D eigenvalue weighted by atomic mass is 10.0. The lowest BCUT2D eigenvalue weighted by Gasteiger charge is -2.13. The Balaban J connectivity index is 0.00000338. The van der Waals surface area contributed by atoms with Crippen LogP contribution in [0, 0.1) is 0 Å². The van der Waals surface area contributed by atoms with Crippen LogP contribution in [0.3, 0.4) is 0 Å². The van der Waals surface area contributed by atoms with Crippen LogP contribution in [0.25, 0.3) is 11.1 Å². The maximum atomic E-state index is 12.1. The molecule has 1 amide bonds. The van der Waals surface area contributed by atoms with Crippen LogP contribution in [-0.4, -0.2) is 39.5 Å². The van der Waals surface area contributed by atoms with Crippen molar-refractivity contribution in [2.45, 2.75) is 12.5 Å². The van der Waals surface area contributed by atoms with Crippen LogP contribution >= 0.6 is 12.4 Å². The molecule has 2 aromatic carbocycles. The SMILES string of the molecule is COc1ccccc1-c1cccc(NC(=O)C(N)CCS(C)(=O)=O)c1.Cl. The molecule has 0 spiro atoms. The smallest absolute Gasteiger partial charge is 0.241 e. The summed E-state index contributed by atoms with van der Waals surface area (Å²) in [7, 11) is -1.55. The van der Waals surface area contributed by atoms with Gasteiger partial charge in [-0.05, 0) is 30.2 Å². The highest BCUT2D eigenvalue weighted by Gasteiger charge is 2.16. The van der Waals surface area contributed by atoms with Crippen molar-refractivity contribution in [3.05, 3.63) is 48.5 Å². The summed E-state index contributed by atoms with van der Waals surface area (Å²) in [6.45, 7) is 0. The molecule has 8 heteroatoms. The first-order chi connectivity index (χ1) is 11.8. The number of halogens is 1. The number of anilines is 1. The minimum Gasteiger partial charge on any atom is -0.496 e. The van der Waals surface area contributed by atoms with E-state index < -0.39 is 21.8 Å². The monoisotopic (exact) mass is 398 g/mol. The summed E-state index contributed by atoms with van der Waals surface area (Å²) in [6.07, 6.45) is 1.20.